The first-order valence-corrected chi connectivity index (χ1v) is 5.08. The van der Waals surface area contributed by atoms with E-state index in [0.29, 0.717) is 6.61 Å². The maximum atomic E-state index is 5.66. The Balaban J connectivity index is 0.00000112. The van der Waals surface area contributed by atoms with E-state index in [9.17, 15) is 0 Å². The van der Waals surface area contributed by atoms with Crippen molar-refractivity contribution in [2.75, 3.05) is 26.2 Å². The third-order valence-electron chi connectivity index (χ3n) is 2.33. The van der Waals surface area contributed by atoms with Crippen molar-refractivity contribution in [3.05, 3.63) is 35.9 Å². The van der Waals surface area contributed by atoms with Crippen molar-refractivity contribution in [3.8, 4) is 0 Å². The molecule has 0 unspecified atom stereocenters. The average Bonchev–Trinajstić information content (AvgIpc) is 2.29. The molecule has 0 amide bonds. The van der Waals surface area contributed by atoms with E-state index in [1.54, 1.807) is 0 Å². The van der Waals surface area contributed by atoms with Crippen molar-refractivity contribution in [1.29, 1.82) is 0 Å². The lowest BCUT2D eigenvalue weighted by molar-refractivity contribution is -0.174. The molecule has 0 spiro atoms. The number of nitrogens with one attached hydrogen (secondary N) is 1. The number of nitrogens with zero attached hydrogens (tertiary/aromatic N) is 1. The van der Waals surface area contributed by atoms with Gasteiger partial charge in [0, 0.05) is 26.2 Å². The molecule has 1 heterocycles. The lowest BCUT2D eigenvalue weighted by Crippen LogP contribution is -2.43. The third-order valence-corrected chi connectivity index (χ3v) is 2.33. The molecule has 1 aromatic rings. The highest BCUT2D eigenvalue weighted by molar-refractivity contribution is 5.85. The molecule has 0 radical (unpaired) electrons. The summed E-state index contributed by atoms with van der Waals surface area (Å²) in [7, 11) is 0. The first-order chi connectivity index (χ1) is 6.95. The highest BCUT2D eigenvalue weighted by Crippen LogP contribution is 2.03. The van der Waals surface area contributed by atoms with Crippen molar-refractivity contribution >= 4 is 12.4 Å². The summed E-state index contributed by atoms with van der Waals surface area (Å²) in [5, 5.41) is 5.32. The van der Waals surface area contributed by atoms with E-state index in [-0.39, 0.29) is 12.4 Å². The molecule has 84 valence electrons. The molecular weight excluding hydrogens is 212 g/mol. The van der Waals surface area contributed by atoms with Crippen LogP contribution in [0.2, 0.25) is 0 Å². The number of benzene rings is 1. The molecular formula is C11H17ClN2O. The van der Waals surface area contributed by atoms with Crippen LogP contribution in [0.5, 0.6) is 0 Å². The Kier molecular flexibility index (Phi) is 5.65. The van der Waals surface area contributed by atoms with Gasteiger partial charge in [-0.3, -0.25) is 4.84 Å². The van der Waals surface area contributed by atoms with Gasteiger partial charge in [0.05, 0.1) is 6.61 Å². The number of halogens is 1. The number of rotatable bonds is 3. The van der Waals surface area contributed by atoms with Gasteiger partial charge in [0.15, 0.2) is 0 Å². The van der Waals surface area contributed by atoms with E-state index in [0.717, 1.165) is 26.2 Å². The Bertz CT molecular complexity index is 263. The minimum atomic E-state index is 0. The summed E-state index contributed by atoms with van der Waals surface area (Å²) in [4.78, 5) is 5.66. The Labute approximate surface area is 96.8 Å². The van der Waals surface area contributed by atoms with Crippen molar-refractivity contribution in [2.45, 2.75) is 6.61 Å². The summed E-state index contributed by atoms with van der Waals surface area (Å²) in [6.07, 6.45) is 0. The van der Waals surface area contributed by atoms with Gasteiger partial charge in [0.2, 0.25) is 0 Å². The lowest BCUT2D eigenvalue weighted by Gasteiger charge is -2.26. The summed E-state index contributed by atoms with van der Waals surface area (Å²) in [6.45, 7) is 4.68. The van der Waals surface area contributed by atoms with Crippen LogP contribution >= 0.6 is 12.4 Å². The first-order valence-electron chi connectivity index (χ1n) is 5.08. The number of hydrogen-bond acceptors (Lipinski definition) is 3. The fraction of sp³-hybridized carbons (Fsp3) is 0.455. The Morgan fingerprint density at radius 2 is 1.80 bits per heavy atom. The van der Waals surface area contributed by atoms with Crippen LogP contribution in [-0.4, -0.2) is 31.2 Å². The summed E-state index contributed by atoms with van der Waals surface area (Å²) < 4.78 is 0. The third kappa shape index (κ3) is 4.18. The molecule has 0 aromatic heterocycles. The second-order valence-corrected chi connectivity index (χ2v) is 3.44. The van der Waals surface area contributed by atoms with Gasteiger partial charge >= 0.3 is 0 Å². The van der Waals surface area contributed by atoms with E-state index >= 15 is 0 Å². The number of piperazine rings is 1. The molecule has 4 heteroatoms. The van der Waals surface area contributed by atoms with Crippen LogP contribution in [0.15, 0.2) is 30.3 Å². The quantitative estimate of drug-likeness (QED) is 0.848. The molecule has 0 bridgehead atoms. The molecule has 2 rings (SSSR count). The van der Waals surface area contributed by atoms with Crippen molar-refractivity contribution < 1.29 is 4.84 Å². The van der Waals surface area contributed by atoms with Gasteiger partial charge in [-0.15, -0.1) is 12.4 Å². The van der Waals surface area contributed by atoms with E-state index < -0.39 is 0 Å². The largest absolute Gasteiger partial charge is 0.314 e. The zero-order valence-corrected chi connectivity index (χ0v) is 9.50. The van der Waals surface area contributed by atoms with Crippen LogP contribution in [0.4, 0.5) is 0 Å². The zero-order chi connectivity index (χ0) is 9.64. The van der Waals surface area contributed by atoms with Crippen LogP contribution in [0.25, 0.3) is 0 Å². The van der Waals surface area contributed by atoms with E-state index in [4.69, 9.17) is 4.84 Å². The highest BCUT2D eigenvalue weighted by atomic mass is 35.5. The number of hydroxylamine groups is 2. The van der Waals surface area contributed by atoms with Gasteiger partial charge < -0.3 is 5.32 Å². The first kappa shape index (κ1) is 12.5. The smallest absolute Gasteiger partial charge is 0.0935 e. The summed E-state index contributed by atoms with van der Waals surface area (Å²) in [5.41, 5.74) is 1.23. The highest BCUT2D eigenvalue weighted by Gasteiger charge is 2.09. The molecule has 0 atom stereocenters. The minimum absolute atomic E-state index is 0. The van der Waals surface area contributed by atoms with Crippen LogP contribution in [0.1, 0.15) is 5.56 Å². The van der Waals surface area contributed by atoms with Crippen LogP contribution in [-0.2, 0) is 11.4 Å². The molecule has 1 aliphatic heterocycles. The molecule has 3 nitrogen and oxygen atoms in total. The van der Waals surface area contributed by atoms with Gasteiger partial charge in [-0.2, -0.15) is 5.06 Å². The maximum absolute atomic E-state index is 5.66. The van der Waals surface area contributed by atoms with E-state index in [1.165, 1.54) is 5.56 Å². The number of hydrogen-bond donors (Lipinski definition) is 1. The maximum Gasteiger partial charge on any atom is 0.0935 e. The summed E-state index contributed by atoms with van der Waals surface area (Å²) in [6, 6.07) is 10.3. The molecule has 1 aliphatic rings. The predicted molar refractivity (Wildman–Crippen MR) is 62.9 cm³/mol. The van der Waals surface area contributed by atoms with Crippen LogP contribution in [0, 0.1) is 0 Å². The van der Waals surface area contributed by atoms with Crippen molar-refractivity contribution in [3.63, 3.8) is 0 Å². The predicted octanol–water partition coefficient (Wildman–Crippen LogP) is 1.45. The second-order valence-electron chi connectivity index (χ2n) is 3.44. The summed E-state index contributed by atoms with van der Waals surface area (Å²) in [5.74, 6) is 0. The summed E-state index contributed by atoms with van der Waals surface area (Å²) >= 11 is 0. The fourth-order valence-corrected chi connectivity index (χ4v) is 1.51. The SMILES string of the molecule is Cl.c1ccc(CON2CCNCC2)cc1. The molecule has 0 aliphatic carbocycles. The molecule has 1 aromatic carbocycles. The molecule has 1 saturated heterocycles. The second kappa shape index (κ2) is 6.80. The van der Waals surface area contributed by atoms with Crippen LogP contribution < -0.4 is 5.32 Å². The van der Waals surface area contributed by atoms with Crippen molar-refractivity contribution in [1.82, 2.24) is 10.4 Å². The van der Waals surface area contributed by atoms with Gasteiger partial charge in [0.1, 0.15) is 0 Å². The molecule has 15 heavy (non-hydrogen) atoms. The lowest BCUT2D eigenvalue weighted by atomic mass is 10.2. The van der Waals surface area contributed by atoms with Gasteiger partial charge in [0.25, 0.3) is 0 Å². The van der Waals surface area contributed by atoms with Gasteiger partial charge in [-0.05, 0) is 5.56 Å². The Hall–Kier alpha value is -0.610. The standard InChI is InChI=1S/C11H16N2O.ClH/c1-2-4-11(5-3-1)10-14-13-8-6-12-7-9-13;/h1-5,12H,6-10H2;1H. The monoisotopic (exact) mass is 228 g/mol. The van der Waals surface area contributed by atoms with Crippen molar-refractivity contribution in [2.24, 2.45) is 0 Å². The van der Waals surface area contributed by atoms with Gasteiger partial charge in [-0.25, -0.2) is 0 Å². The minimum Gasteiger partial charge on any atom is -0.314 e. The molecule has 1 fully saturated rings. The Morgan fingerprint density at radius 3 is 2.47 bits per heavy atom. The molecule has 1 N–H and O–H groups in total. The fourth-order valence-electron chi connectivity index (χ4n) is 1.51. The van der Waals surface area contributed by atoms with Crippen LogP contribution in [0.3, 0.4) is 0 Å². The Morgan fingerprint density at radius 1 is 1.13 bits per heavy atom. The molecule has 0 saturated carbocycles. The van der Waals surface area contributed by atoms with E-state index in [1.807, 2.05) is 23.3 Å². The zero-order valence-electron chi connectivity index (χ0n) is 8.69. The average molecular weight is 229 g/mol. The van der Waals surface area contributed by atoms with E-state index in [2.05, 4.69) is 17.4 Å². The van der Waals surface area contributed by atoms with Gasteiger partial charge in [-0.1, -0.05) is 30.3 Å². The normalized spacial score (nSPS) is 17.1. The topological polar surface area (TPSA) is 24.5 Å².